The van der Waals surface area contributed by atoms with Crippen molar-refractivity contribution in [2.24, 2.45) is 0 Å². The molecule has 102 valence electrons. The number of rotatable bonds is 6. The second-order valence-electron chi connectivity index (χ2n) is 3.87. The van der Waals surface area contributed by atoms with Gasteiger partial charge in [0.15, 0.2) is 0 Å². The zero-order chi connectivity index (χ0) is 13.7. The molecule has 3 nitrogen and oxygen atoms in total. The van der Waals surface area contributed by atoms with Gasteiger partial charge in [-0.15, -0.1) is 0 Å². The maximum absolute atomic E-state index is 12.3. The summed E-state index contributed by atoms with van der Waals surface area (Å²) < 4.78 is 33.9. The van der Waals surface area contributed by atoms with Gasteiger partial charge < -0.3 is 14.5 Å². The van der Waals surface area contributed by atoms with Gasteiger partial charge in [0.25, 0.3) is 0 Å². The molecule has 0 unspecified atom stereocenters. The Morgan fingerprint density at radius 2 is 2.11 bits per heavy atom. The predicted molar refractivity (Wildman–Crippen MR) is 67.3 cm³/mol. The summed E-state index contributed by atoms with van der Waals surface area (Å²) in [5.74, 6) is 0.124. The summed E-state index contributed by atoms with van der Waals surface area (Å²) in [6, 6.07) is 6.37. The number of hydrogen-bond donors (Lipinski definition) is 1. The molecule has 6 heteroatoms. The normalized spacial score (nSPS) is 10.9. The quantitative estimate of drug-likeness (QED) is 0.877. The van der Waals surface area contributed by atoms with Crippen LogP contribution in [0.15, 0.2) is 41.2 Å². The number of ether oxygens (including phenoxy) is 1. The molecule has 0 saturated heterocycles. The van der Waals surface area contributed by atoms with Crippen LogP contribution in [0.2, 0.25) is 5.02 Å². The SMILES string of the molecule is FC(F)Oc1ccc(Cl)cc1CNCc1ccoc1. The molecule has 0 radical (unpaired) electrons. The second-order valence-corrected chi connectivity index (χ2v) is 4.30. The molecule has 0 bridgehead atoms. The number of alkyl halides is 2. The minimum Gasteiger partial charge on any atom is -0.472 e. The lowest BCUT2D eigenvalue weighted by Gasteiger charge is -2.11. The highest BCUT2D eigenvalue weighted by Crippen LogP contribution is 2.24. The van der Waals surface area contributed by atoms with Gasteiger partial charge in [0.1, 0.15) is 5.75 Å². The first kappa shape index (κ1) is 13.8. The zero-order valence-electron chi connectivity index (χ0n) is 9.91. The monoisotopic (exact) mass is 287 g/mol. The van der Waals surface area contributed by atoms with Crippen molar-refractivity contribution >= 4 is 11.6 Å². The molecule has 1 N–H and O–H groups in total. The summed E-state index contributed by atoms with van der Waals surface area (Å²) in [6.45, 7) is -1.92. The highest BCUT2D eigenvalue weighted by atomic mass is 35.5. The maximum atomic E-state index is 12.3. The first-order valence-electron chi connectivity index (χ1n) is 5.60. The molecule has 2 aromatic rings. The Balaban J connectivity index is 1.99. The van der Waals surface area contributed by atoms with Crippen LogP contribution in [-0.2, 0) is 13.1 Å². The molecule has 0 saturated carbocycles. The minimum atomic E-state index is -2.85. The molecule has 0 aliphatic heterocycles. The lowest BCUT2D eigenvalue weighted by atomic mass is 10.2. The van der Waals surface area contributed by atoms with E-state index in [1.165, 1.54) is 12.1 Å². The predicted octanol–water partition coefficient (Wildman–Crippen LogP) is 3.82. The third-order valence-corrected chi connectivity index (χ3v) is 2.70. The van der Waals surface area contributed by atoms with E-state index in [9.17, 15) is 8.78 Å². The number of nitrogens with one attached hydrogen (secondary N) is 1. The van der Waals surface area contributed by atoms with Crippen molar-refractivity contribution in [2.75, 3.05) is 0 Å². The highest BCUT2D eigenvalue weighted by Gasteiger charge is 2.10. The third-order valence-electron chi connectivity index (χ3n) is 2.46. The fraction of sp³-hybridized carbons (Fsp3) is 0.231. The van der Waals surface area contributed by atoms with E-state index < -0.39 is 6.61 Å². The molecule has 1 aromatic heterocycles. The van der Waals surface area contributed by atoms with E-state index in [1.807, 2.05) is 6.07 Å². The van der Waals surface area contributed by atoms with Gasteiger partial charge in [-0.2, -0.15) is 8.78 Å². The molecule has 0 amide bonds. The summed E-state index contributed by atoms with van der Waals surface area (Å²) in [5.41, 5.74) is 1.55. The van der Waals surface area contributed by atoms with Gasteiger partial charge in [-0.25, -0.2) is 0 Å². The Kier molecular flexibility index (Phi) is 4.76. The van der Waals surface area contributed by atoms with E-state index in [1.54, 1.807) is 18.6 Å². The average molecular weight is 288 g/mol. The van der Waals surface area contributed by atoms with E-state index in [0.717, 1.165) is 5.56 Å². The zero-order valence-corrected chi connectivity index (χ0v) is 10.7. The Bertz CT molecular complexity index is 517. The molecule has 1 heterocycles. The van der Waals surface area contributed by atoms with E-state index in [2.05, 4.69) is 10.1 Å². The largest absolute Gasteiger partial charge is 0.472 e. The van der Waals surface area contributed by atoms with Crippen molar-refractivity contribution in [3.05, 3.63) is 52.9 Å². The van der Waals surface area contributed by atoms with Crippen molar-refractivity contribution in [2.45, 2.75) is 19.7 Å². The average Bonchev–Trinajstić information content (AvgIpc) is 2.85. The summed E-state index contributed by atoms with van der Waals surface area (Å²) in [6.07, 6.45) is 3.18. The summed E-state index contributed by atoms with van der Waals surface area (Å²) >= 11 is 5.85. The standard InChI is InChI=1S/C13H12ClF2NO2/c14-11-1-2-12(19-13(15)16)10(5-11)7-17-6-9-3-4-18-8-9/h1-5,8,13,17H,6-7H2. The van der Waals surface area contributed by atoms with E-state index in [0.29, 0.717) is 23.7 Å². The molecule has 0 atom stereocenters. The first-order chi connectivity index (χ1) is 9.15. The van der Waals surface area contributed by atoms with Crippen LogP contribution in [-0.4, -0.2) is 6.61 Å². The fourth-order valence-electron chi connectivity index (χ4n) is 1.63. The van der Waals surface area contributed by atoms with Gasteiger partial charge >= 0.3 is 6.61 Å². The minimum absolute atomic E-state index is 0.124. The molecule has 19 heavy (non-hydrogen) atoms. The lowest BCUT2D eigenvalue weighted by Crippen LogP contribution is -2.14. The van der Waals surface area contributed by atoms with Crippen LogP contribution in [0.1, 0.15) is 11.1 Å². The maximum Gasteiger partial charge on any atom is 0.387 e. The number of furan rings is 1. The smallest absolute Gasteiger partial charge is 0.387 e. The van der Waals surface area contributed by atoms with Gasteiger partial charge in [0, 0.05) is 29.2 Å². The number of hydrogen-bond acceptors (Lipinski definition) is 3. The van der Waals surface area contributed by atoms with Crippen LogP contribution in [0, 0.1) is 0 Å². The lowest BCUT2D eigenvalue weighted by molar-refractivity contribution is -0.0505. The Labute approximate surface area is 114 Å². The number of benzene rings is 1. The topological polar surface area (TPSA) is 34.4 Å². The summed E-state index contributed by atoms with van der Waals surface area (Å²) in [4.78, 5) is 0. The summed E-state index contributed by atoms with van der Waals surface area (Å²) in [7, 11) is 0. The molecule has 1 aromatic carbocycles. The van der Waals surface area contributed by atoms with Gasteiger partial charge in [-0.3, -0.25) is 0 Å². The van der Waals surface area contributed by atoms with Gasteiger partial charge in [0.05, 0.1) is 12.5 Å². The van der Waals surface area contributed by atoms with E-state index >= 15 is 0 Å². The molecule has 2 rings (SSSR count). The van der Waals surface area contributed by atoms with Crippen LogP contribution in [0.4, 0.5) is 8.78 Å². The Morgan fingerprint density at radius 1 is 1.26 bits per heavy atom. The van der Waals surface area contributed by atoms with Gasteiger partial charge in [0.2, 0.25) is 0 Å². The van der Waals surface area contributed by atoms with Crippen LogP contribution in [0.3, 0.4) is 0 Å². The molecule has 0 spiro atoms. The van der Waals surface area contributed by atoms with Crippen molar-refractivity contribution in [3.63, 3.8) is 0 Å². The Hall–Kier alpha value is -1.59. The Morgan fingerprint density at radius 3 is 2.79 bits per heavy atom. The first-order valence-corrected chi connectivity index (χ1v) is 5.98. The van der Waals surface area contributed by atoms with Crippen molar-refractivity contribution < 1.29 is 17.9 Å². The van der Waals surface area contributed by atoms with Crippen molar-refractivity contribution in [1.29, 1.82) is 0 Å². The molecular formula is C13H12ClF2NO2. The molecule has 0 fully saturated rings. The van der Waals surface area contributed by atoms with E-state index in [4.69, 9.17) is 16.0 Å². The molecule has 0 aliphatic rings. The third kappa shape index (κ3) is 4.22. The molecular weight excluding hydrogens is 276 g/mol. The van der Waals surface area contributed by atoms with E-state index in [-0.39, 0.29) is 5.75 Å². The van der Waals surface area contributed by atoms with Crippen LogP contribution >= 0.6 is 11.6 Å². The fourth-order valence-corrected chi connectivity index (χ4v) is 1.83. The van der Waals surface area contributed by atoms with Crippen molar-refractivity contribution in [3.8, 4) is 5.75 Å². The van der Waals surface area contributed by atoms with Crippen LogP contribution in [0.25, 0.3) is 0 Å². The second kappa shape index (κ2) is 6.54. The van der Waals surface area contributed by atoms with Crippen LogP contribution < -0.4 is 10.1 Å². The number of halogens is 3. The summed E-state index contributed by atoms with van der Waals surface area (Å²) in [5, 5.41) is 3.58. The highest BCUT2D eigenvalue weighted by molar-refractivity contribution is 6.30. The van der Waals surface area contributed by atoms with Gasteiger partial charge in [-0.05, 0) is 24.3 Å². The molecule has 0 aliphatic carbocycles. The van der Waals surface area contributed by atoms with Crippen molar-refractivity contribution in [1.82, 2.24) is 5.32 Å². The van der Waals surface area contributed by atoms with Gasteiger partial charge in [-0.1, -0.05) is 11.6 Å². The van der Waals surface area contributed by atoms with Crippen LogP contribution in [0.5, 0.6) is 5.75 Å².